The third kappa shape index (κ3) is 4.39. The number of aliphatic hydroxyl groups is 1. The van der Waals surface area contributed by atoms with E-state index in [9.17, 15) is 9.90 Å². The molecule has 1 aromatic heterocycles. The summed E-state index contributed by atoms with van der Waals surface area (Å²) in [6.07, 6.45) is -0.829. The van der Waals surface area contributed by atoms with E-state index in [2.05, 4.69) is 15.5 Å². The van der Waals surface area contributed by atoms with E-state index in [0.717, 1.165) is 0 Å². The average molecular weight is 303 g/mol. The van der Waals surface area contributed by atoms with Crippen LogP contribution in [0.5, 0.6) is 0 Å². The maximum atomic E-state index is 11.8. The molecule has 0 saturated heterocycles. The van der Waals surface area contributed by atoms with Gasteiger partial charge in [0.2, 0.25) is 11.8 Å². The van der Waals surface area contributed by atoms with E-state index in [1.165, 1.54) is 0 Å². The summed E-state index contributed by atoms with van der Waals surface area (Å²) in [5.74, 6) is 0.687. The molecule has 0 radical (unpaired) electrons. The summed E-state index contributed by atoms with van der Waals surface area (Å²) in [6.45, 7) is 6.09. The lowest BCUT2D eigenvalue weighted by Gasteiger charge is -2.11. The summed E-state index contributed by atoms with van der Waals surface area (Å²) < 4.78 is 5.15. The predicted molar refractivity (Wildman–Crippen MR) is 80.9 cm³/mol. The topological polar surface area (TPSA) is 88.2 Å². The molecular weight excluding hydrogens is 282 g/mol. The summed E-state index contributed by atoms with van der Waals surface area (Å²) in [5, 5.41) is 16.5. The van der Waals surface area contributed by atoms with Crippen LogP contribution < -0.4 is 5.32 Å². The van der Waals surface area contributed by atoms with Crippen LogP contribution in [-0.2, 0) is 16.8 Å². The maximum Gasteiger partial charge on any atom is 0.232 e. The molecule has 1 amide bonds. The molecule has 6 nitrogen and oxygen atoms in total. The van der Waals surface area contributed by atoms with Gasteiger partial charge >= 0.3 is 0 Å². The SMILES string of the molecule is CC(C)(C)c1nc(CNC(=O)CC(O)c2ccccc2)no1. The standard InChI is InChI=1S/C16H21N3O3/c1-16(2,3)15-18-13(19-22-15)10-17-14(21)9-12(20)11-7-5-4-6-8-11/h4-8,12,20H,9-10H2,1-3H3,(H,17,21). The molecule has 0 bridgehead atoms. The van der Waals surface area contributed by atoms with Gasteiger partial charge in [0, 0.05) is 5.41 Å². The van der Waals surface area contributed by atoms with Crippen molar-refractivity contribution in [3.8, 4) is 0 Å². The zero-order chi connectivity index (χ0) is 16.2. The Balaban J connectivity index is 1.84. The lowest BCUT2D eigenvalue weighted by atomic mass is 9.97. The largest absolute Gasteiger partial charge is 0.388 e. The van der Waals surface area contributed by atoms with Gasteiger partial charge in [-0.3, -0.25) is 4.79 Å². The number of aliphatic hydroxyl groups excluding tert-OH is 1. The second-order valence-corrected chi connectivity index (χ2v) is 6.17. The van der Waals surface area contributed by atoms with Gasteiger partial charge in [-0.1, -0.05) is 56.3 Å². The van der Waals surface area contributed by atoms with E-state index in [0.29, 0.717) is 17.3 Å². The molecule has 2 N–H and O–H groups in total. The summed E-state index contributed by atoms with van der Waals surface area (Å²) in [5.41, 5.74) is 0.492. The quantitative estimate of drug-likeness (QED) is 0.883. The van der Waals surface area contributed by atoms with Crippen LogP contribution in [0.1, 0.15) is 50.6 Å². The van der Waals surface area contributed by atoms with Gasteiger partial charge in [-0.05, 0) is 5.56 Å². The number of rotatable bonds is 5. The van der Waals surface area contributed by atoms with Crippen molar-refractivity contribution in [2.24, 2.45) is 0 Å². The van der Waals surface area contributed by atoms with E-state index in [1.54, 1.807) is 12.1 Å². The molecule has 1 aromatic carbocycles. The molecular formula is C16H21N3O3. The predicted octanol–water partition coefficient (Wildman–Crippen LogP) is 2.11. The molecule has 0 aliphatic carbocycles. The third-order valence-corrected chi connectivity index (χ3v) is 3.12. The van der Waals surface area contributed by atoms with Crippen molar-refractivity contribution in [3.63, 3.8) is 0 Å². The van der Waals surface area contributed by atoms with Crippen LogP contribution in [0.4, 0.5) is 0 Å². The molecule has 118 valence electrons. The van der Waals surface area contributed by atoms with Crippen molar-refractivity contribution in [1.82, 2.24) is 15.5 Å². The maximum absolute atomic E-state index is 11.8. The number of nitrogens with one attached hydrogen (secondary N) is 1. The number of aromatic nitrogens is 2. The van der Waals surface area contributed by atoms with Crippen molar-refractivity contribution in [3.05, 3.63) is 47.6 Å². The Labute approximate surface area is 129 Å². The van der Waals surface area contributed by atoms with Gasteiger partial charge in [-0.2, -0.15) is 4.98 Å². The molecule has 0 spiro atoms. The lowest BCUT2D eigenvalue weighted by Crippen LogP contribution is -2.25. The molecule has 0 aliphatic heterocycles. The zero-order valence-electron chi connectivity index (χ0n) is 13.0. The highest BCUT2D eigenvalue weighted by molar-refractivity contribution is 5.76. The first-order chi connectivity index (χ1) is 10.4. The normalized spacial score (nSPS) is 12.9. The van der Waals surface area contributed by atoms with Crippen molar-refractivity contribution in [2.45, 2.75) is 45.3 Å². The second kappa shape index (κ2) is 6.70. The minimum Gasteiger partial charge on any atom is -0.388 e. The number of amides is 1. The molecule has 1 unspecified atom stereocenters. The number of hydrogen-bond acceptors (Lipinski definition) is 5. The summed E-state index contributed by atoms with van der Waals surface area (Å²) in [4.78, 5) is 16.1. The van der Waals surface area contributed by atoms with Gasteiger partial charge in [0.25, 0.3) is 0 Å². The van der Waals surface area contributed by atoms with Crippen LogP contribution in [0.2, 0.25) is 0 Å². The van der Waals surface area contributed by atoms with Gasteiger partial charge in [0.15, 0.2) is 5.82 Å². The van der Waals surface area contributed by atoms with E-state index < -0.39 is 6.10 Å². The number of carbonyl (C=O) groups excluding carboxylic acids is 1. The fourth-order valence-electron chi connectivity index (χ4n) is 1.85. The van der Waals surface area contributed by atoms with Crippen LogP contribution in [-0.4, -0.2) is 21.2 Å². The summed E-state index contributed by atoms with van der Waals surface area (Å²) >= 11 is 0. The highest BCUT2D eigenvalue weighted by atomic mass is 16.5. The smallest absolute Gasteiger partial charge is 0.232 e. The Morgan fingerprint density at radius 3 is 2.59 bits per heavy atom. The number of carbonyl (C=O) groups is 1. The number of nitrogens with zero attached hydrogens (tertiary/aromatic N) is 2. The Morgan fingerprint density at radius 2 is 2.00 bits per heavy atom. The Hall–Kier alpha value is -2.21. The molecule has 0 aliphatic rings. The van der Waals surface area contributed by atoms with Crippen LogP contribution >= 0.6 is 0 Å². The van der Waals surface area contributed by atoms with Gasteiger partial charge in [-0.25, -0.2) is 0 Å². The van der Waals surface area contributed by atoms with Gasteiger partial charge in [0.1, 0.15) is 0 Å². The van der Waals surface area contributed by atoms with Gasteiger partial charge < -0.3 is 14.9 Å². The van der Waals surface area contributed by atoms with Crippen LogP contribution in [0, 0.1) is 0 Å². The molecule has 0 fully saturated rings. The molecule has 1 atom stereocenters. The fourth-order valence-corrected chi connectivity index (χ4v) is 1.85. The Morgan fingerprint density at radius 1 is 1.32 bits per heavy atom. The highest BCUT2D eigenvalue weighted by Gasteiger charge is 2.22. The van der Waals surface area contributed by atoms with E-state index in [4.69, 9.17) is 4.52 Å². The first kappa shape index (κ1) is 16.2. The van der Waals surface area contributed by atoms with Gasteiger partial charge in [-0.15, -0.1) is 0 Å². The molecule has 22 heavy (non-hydrogen) atoms. The molecule has 6 heteroatoms. The van der Waals surface area contributed by atoms with Crippen LogP contribution in [0.25, 0.3) is 0 Å². The number of hydrogen-bond donors (Lipinski definition) is 2. The average Bonchev–Trinajstić information content (AvgIpc) is 2.95. The van der Waals surface area contributed by atoms with Crippen molar-refractivity contribution >= 4 is 5.91 Å². The van der Waals surface area contributed by atoms with Crippen molar-refractivity contribution in [2.75, 3.05) is 0 Å². The zero-order valence-corrected chi connectivity index (χ0v) is 13.0. The first-order valence-electron chi connectivity index (χ1n) is 7.19. The van der Waals surface area contributed by atoms with E-state index in [1.807, 2.05) is 39.0 Å². The summed E-state index contributed by atoms with van der Waals surface area (Å²) in [7, 11) is 0. The molecule has 2 aromatic rings. The highest BCUT2D eigenvalue weighted by Crippen LogP contribution is 2.19. The van der Waals surface area contributed by atoms with Crippen molar-refractivity contribution in [1.29, 1.82) is 0 Å². The molecule has 0 saturated carbocycles. The minimum atomic E-state index is -0.823. The lowest BCUT2D eigenvalue weighted by molar-refractivity contribution is -0.123. The summed E-state index contributed by atoms with van der Waals surface area (Å²) in [6, 6.07) is 9.08. The van der Waals surface area contributed by atoms with Crippen molar-refractivity contribution < 1.29 is 14.4 Å². The van der Waals surface area contributed by atoms with E-state index in [-0.39, 0.29) is 24.3 Å². The third-order valence-electron chi connectivity index (χ3n) is 3.12. The first-order valence-corrected chi connectivity index (χ1v) is 7.19. The van der Waals surface area contributed by atoms with Crippen LogP contribution in [0.15, 0.2) is 34.9 Å². The minimum absolute atomic E-state index is 0.00596. The second-order valence-electron chi connectivity index (χ2n) is 6.17. The Bertz CT molecular complexity index is 617. The van der Waals surface area contributed by atoms with Crippen LogP contribution in [0.3, 0.4) is 0 Å². The molecule has 1 heterocycles. The molecule has 2 rings (SSSR count). The Kier molecular flexibility index (Phi) is 4.92. The van der Waals surface area contributed by atoms with E-state index >= 15 is 0 Å². The monoisotopic (exact) mass is 303 g/mol. The number of benzene rings is 1. The fraction of sp³-hybridized carbons (Fsp3) is 0.438. The van der Waals surface area contributed by atoms with Gasteiger partial charge in [0.05, 0.1) is 19.1 Å².